The van der Waals surface area contributed by atoms with Crippen LogP contribution in [0.15, 0.2) is 48.5 Å². The van der Waals surface area contributed by atoms with E-state index >= 15 is 0 Å². The Morgan fingerprint density at radius 3 is 0.562 bits per heavy atom. The van der Waals surface area contributed by atoms with Crippen molar-refractivity contribution in [3.05, 3.63) is 93.0 Å². The second-order valence-corrected chi connectivity index (χ2v) is 30.4. The van der Waals surface area contributed by atoms with Crippen LogP contribution in [0.2, 0.25) is 0 Å². The van der Waals surface area contributed by atoms with Crippen molar-refractivity contribution in [2.45, 2.75) is 205 Å². The minimum atomic E-state index is -1.63. The van der Waals surface area contributed by atoms with E-state index in [4.69, 9.17) is 36.2 Å². The van der Waals surface area contributed by atoms with E-state index in [1.54, 1.807) is 0 Å². The largest absolute Gasteiger partial charge is 0.427 e. The normalized spacial score (nSPS) is 22.2. The number of unbranched alkanes of at least 4 members (excludes halogenated alkanes) is 16. The molecule has 1 aliphatic carbocycles. The lowest BCUT2D eigenvalue weighted by atomic mass is 9.76. The molecule has 4 aromatic rings. The molecule has 80 heavy (non-hydrogen) atoms. The molecular weight excluding hydrogens is 1080 g/mol. The molecule has 5 aliphatic rings. The highest BCUT2D eigenvalue weighted by Crippen LogP contribution is 2.63. The lowest BCUT2D eigenvalue weighted by molar-refractivity contribution is 0.382. The molecule has 0 atom stereocenters. The van der Waals surface area contributed by atoms with Crippen LogP contribution in [-0.4, -0.2) is 75.1 Å². The highest BCUT2D eigenvalue weighted by Gasteiger charge is 2.42. The van der Waals surface area contributed by atoms with Gasteiger partial charge in [0.25, 0.3) is 0 Å². The van der Waals surface area contributed by atoms with E-state index in [9.17, 15) is 0 Å². The molecule has 9 rings (SSSR count). The minimum absolute atomic E-state index is 0.0430. The Kier molecular flexibility index (Phi) is 22.3. The van der Waals surface area contributed by atoms with Crippen LogP contribution in [0, 0.1) is 0 Å². The van der Waals surface area contributed by atoms with Gasteiger partial charge in [-0.2, -0.15) is 0 Å². The molecular formula is C64H96N4O8P4. The Labute approximate surface area is 487 Å². The summed E-state index contributed by atoms with van der Waals surface area (Å²) in [6.45, 7) is 9.21. The maximum absolute atomic E-state index is 7.32. The molecule has 0 radical (unpaired) electrons. The molecule has 4 aliphatic heterocycles. The Morgan fingerprint density at radius 1 is 0.250 bits per heavy atom. The van der Waals surface area contributed by atoms with E-state index in [2.05, 4.69) is 151 Å². The van der Waals surface area contributed by atoms with Crippen LogP contribution in [0.4, 0.5) is 0 Å². The van der Waals surface area contributed by atoms with Gasteiger partial charge in [0.15, 0.2) is 0 Å². The van der Waals surface area contributed by atoms with Crippen molar-refractivity contribution < 1.29 is 36.2 Å². The Morgan fingerprint density at radius 2 is 0.412 bits per heavy atom. The lowest BCUT2D eigenvalue weighted by Gasteiger charge is -2.38. The highest BCUT2D eigenvalue weighted by molar-refractivity contribution is 7.46. The number of hydrogen-bond donors (Lipinski definition) is 0. The van der Waals surface area contributed by atoms with Crippen LogP contribution in [-0.2, 0) is 0 Å². The topological polar surface area (TPSA) is 86.8 Å². The van der Waals surface area contributed by atoms with Gasteiger partial charge < -0.3 is 36.2 Å². The van der Waals surface area contributed by atoms with Crippen molar-refractivity contribution in [3.8, 4) is 46.0 Å². The average Bonchev–Trinajstić information content (AvgIpc) is 3.42. The summed E-state index contributed by atoms with van der Waals surface area (Å²) in [6.07, 6.45) is 27.3. The zero-order valence-electron chi connectivity index (χ0n) is 50.7. The van der Waals surface area contributed by atoms with E-state index < -0.39 is 34.1 Å². The molecule has 0 N–H and O–H groups in total. The number of rotatable bonds is 28. The average molecular weight is 1170 g/mol. The van der Waals surface area contributed by atoms with Gasteiger partial charge in [0.1, 0.15) is 46.0 Å². The zero-order valence-corrected chi connectivity index (χ0v) is 54.3. The van der Waals surface area contributed by atoms with Gasteiger partial charge in [-0.15, -0.1) is 0 Å². The van der Waals surface area contributed by atoms with Gasteiger partial charge in [-0.25, -0.2) is 18.7 Å². The Hall–Kier alpha value is -3.16. The van der Waals surface area contributed by atoms with Crippen LogP contribution >= 0.6 is 34.1 Å². The predicted molar refractivity (Wildman–Crippen MR) is 334 cm³/mol. The zero-order chi connectivity index (χ0) is 56.5. The molecule has 0 saturated heterocycles. The van der Waals surface area contributed by atoms with E-state index in [1.165, 1.54) is 122 Å². The molecule has 0 amide bonds. The lowest BCUT2D eigenvalue weighted by Crippen LogP contribution is -2.22. The monoisotopic (exact) mass is 1170 g/mol. The van der Waals surface area contributed by atoms with Gasteiger partial charge in [0, 0.05) is 92.4 Å². The van der Waals surface area contributed by atoms with E-state index in [0.717, 1.165) is 123 Å². The third kappa shape index (κ3) is 14.3. The Bertz CT molecular complexity index is 2200. The summed E-state index contributed by atoms with van der Waals surface area (Å²) in [6, 6.07) is 19.0. The number of benzene rings is 4. The SMILES string of the molecule is CCCCCCCC1c2cc3c4cc2OP(N(C)C)Oc2cc5c(cc21)C(CCCCCCC)c1cc2c(cc1OP(N(C)C)O5)OP(N(C)C)Oc1cc(c(cc1C2CCCCCCC)C3CCCCCCC)OP(N(C)C)O4. The first-order valence-electron chi connectivity index (χ1n) is 30.9. The first-order valence-corrected chi connectivity index (χ1v) is 35.4. The predicted octanol–water partition coefficient (Wildman–Crippen LogP) is 20.2. The molecule has 0 spiro atoms. The third-order valence-electron chi connectivity index (χ3n) is 16.7. The second-order valence-electron chi connectivity index (χ2n) is 23.8. The molecule has 440 valence electrons. The van der Waals surface area contributed by atoms with Crippen LogP contribution in [0.3, 0.4) is 0 Å². The van der Waals surface area contributed by atoms with E-state index in [0.29, 0.717) is 0 Å². The smallest absolute Gasteiger partial charge is 0.384 e. The van der Waals surface area contributed by atoms with Crippen LogP contribution in [0.25, 0.3) is 0 Å². The minimum Gasteiger partial charge on any atom is -0.427 e. The summed E-state index contributed by atoms with van der Waals surface area (Å²) in [5, 5.41) is 0. The second kappa shape index (κ2) is 29.1. The molecule has 8 bridgehead atoms. The maximum atomic E-state index is 7.32. The molecule has 12 nitrogen and oxygen atoms in total. The third-order valence-corrected chi connectivity index (χ3v) is 22.1. The summed E-state index contributed by atoms with van der Waals surface area (Å²) >= 11 is 0. The molecule has 0 unspecified atom stereocenters. The summed E-state index contributed by atoms with van der Waals surface area (Å²) in [4.78, 5) is 0. The van der Waals surface area contributed by atoms with Crippen molar-refractivity contribution in [1.29, 1.82) is 0 Å². The molecule has 0 fully saturated rings. The number of nitrogens with zero attached hydrogens (tertiary/aromatic N) is 4. The van der Waals surface area contributed by atoms with Crippen molar-refractivity contribution in [1.82, 2.24) is 18.7 Å². The highest BCUT2D eigenvalue weighted by atomic mass is 31.2. The van der Waals surface area contributed by atoms with Gasteiger partial charge in [0.05, 0.1) is 0 Å². The van der Waals surface area contributed by atoms with Gasteiger partial charge in [-0.1, -0.05) is 156 Å². The van der Waals surface area contributed by atoms with Crippen molar-refractivity contribution in [3.63, 3.8) is 0 Å². The van der Waals surface area contributed by atoms with Crippen LogP contribution in [0.5, 0.6) is 46.0 Å². The van der Waals surface area contributed by atoms with Crippen molar-refractivity contribution in [2.24, 2.45) is 0 Å². The van der Waals surface area contributed by atoms with Crippen molar-refractivity contribution in [2.75, 3.05) is 56.4 Å². The van der Waals surface area contributed by atoms with Gasteiger partial charge in [-0.05, 0) is 106 Å². The van der Waals surface area contributed by atoms with Gasteiger partial charge >= 0.3 is 34.1 Å². The molecule has 16 heteroatoms. The summed E-state index contributed by atoms with van der Waals surface area (Å²) in [7, 11) is 9.95. The van der Waals surface area contributed by atoms with Gasteiger partial charge in [0.2, 0.25) is 0 Å². The summed E-state index contributed by atoms with van der Waals surface area (Å²) < 4.78 is 66.9. The van der Waals surface area contributed by atoms with Crippen LogP contribution in [0.1, 0.15) is 250 Å². The van der Waals surface area contributed by atoms with E-state index in [-0.39, 0.29) is 23.7 Å². The summed E-state index contributed by atoms with van der Waals surface area (Å²) in [5.41, 5.74) is 9.59. The molecule has 4 aromatic carbocycles. The Balaban J connectivity index is 1.42. The van der Waals surface area contributed by atoms with Crippen LogP contribution < -0.4 is 36.2 Å². The maximum Gasteiger partial charge on any atom is 0.384 e. The molecule has 4 heterocycles. The first kappa shape index (κ1) is 61.4. The number of hydrogen-bond acceptors (Lipinski definition) is 12. The summed E-state index contributed by atoms with van der Waals surface area (Å²) in [5.74, 6) is 6.38. The van der Waals surface area contributed by atoms with E-state index in [1.807, 2.05) is 0 Å². The standard InChI is InChI=1S/C64H96N4O8P4/c1-13-17-21-25-29-33-45-49-37-51-46(34-30-26-22-18-14-2)53-39-55-48(36-32-28-24-20-16-4)56-40-54-47(35-31-27-23-19-15-3)52-38-50(45)58-42-60(52)72-79(67(9)10)74-62(54)44-64(56)76-80(68(11)12)75-63(55)43-61(53)73-78(66(7)8)71-59(51)41-57(49)69-77(70-58)65(5)6/h37-48H,13-36H2,1-12H3. The van der Waals surface area contributed by atoms with Crippen molar-refractivity contribution >= 4 is 34.1 Å². The fourth-order valence-corrected chi connectivity index (χ4v) is 16.4. The first-order chi connectivity index (χ1) is 38.8. The molecule has 0 saturated carbocycles. The fraction of sp³-hybridized carbons (Fsp3) is 0.625. The molecule has 0 aromatic heterocycles. The van der Waals surface area contributed by atoms with Gasteiger partial charge in [-0.3, -0.25) is 0 Å². The fourth-order valence-electron chi connectivity index (χ4n) is 12.3. The quantitative estimate of drug-likeness (QED) is 0.0401.